The van der Waals surface area contributed by atoms with Gasteiger partial charge < -0.3 is 5.11 Å². The fourth-order valence-corrected chi connectivity index (χ4v) is 3.65. The van der Waals surface area contributed by atoms with Gasteiger partial charge in [0.2, 0.25) is 0 Å². The molecule has 1 aromatic heterocycles. The quantitative estimate of drug-likeness (QED) is 0.395. The highest BCUT2D eigenvalue weighted by Gasteiger charge is 2.17. The number of aliphatic hydroxyl groups excluding tert-OH is 1. The molecule has 0 bridgehead atoms. The molecule has 1 aromatic carbocycles. The van der Waals surface area contributed by atoms with Gasteiger partial charge in [-0.05, 0) is 37.8 Å². The molecule has 1 heterocycles. The average molecular weight is 398 g/mol. The monoisotopic (exact) mass is 397 g/mol. The Morgan fingerprint density at radius 2 is 1.71 bits per heavy atom. The van der Waals surface area contributed by atoms with Crippen LogP contribution in [0.15, 0.2) is 41.5 Å². The van der Waals surface area contributed by atoms with Crippen molar-refractivity contribution in [3.05, 3.63) is 46.5 Å². The van der Waals surface area contributed by atoms with Gasteiger partial charge in [0.25, 0.3) is 0 Å². The van der Waals surface area contributed by atoms with E-state index in [1.54, 1.807) is 0 Å². The third kappa shape index (κ3) is 6.78. The first kappa shape index (κ1) is 22.1. The van der Waals surface area contributed by atoms with Gasteiger partial charge in [-0.25, -0.2) is 4.98 Å². The topological polar surface area (TPSA) is 60.1 Å². The molecule has 0 aliphatic carbocycles. The van der Waals surface area contributed by atoms with Crippen molar-refractivity contribution in [1.82, 2.24) is 9.88 Å². The van der Waals surface area contributed by atoms with Gasteiger partial charge in [0, 0.05) is 10.9 Å². The summed E-state index contributed by atoms with van der Waals surface area (Å²) in [5.74, 6) is 1.33. The van der Waals surface area contributed by atoms with Crippen molar-refractivity contribution in [1.29, 1.82) is 5.26 Å². The molecule has 0 spiro atoms. The Labute approximate surface area is 173 Å². The highest BCUT2D eigenvalue weighted by molar-refractivity contribution is 7.11. The molecular formula is C23H31N3OS. The molecule has 0 unspecified atom stereocenters. The van der Waals surface area contributed by atoms with E-state index in [4.69, 9.17) is 0 Å². The maximum atomic E-state index is 10.7. The Hall–Kier alpha value is -2.16. The first-order valence-corrected chi connectivity index (χ1v) is 10.8. The van der Waals surface area contributed by atoms with Gasteiger partial charge in [0.15, 0.2) is 0 Å². The zero-order chi connectivity index (χ0) is 20.5. The van der Waals surface area contributed by atoms with Crippen molar-refractivity contribution in [2.45, 2.75) is 40.5 Å². The van der Waals surface area contributed by atoms with Crippen molar-refractivity contribution in [3.8, 4) is 17.3 Å². The number of thiazole rings is 1. The van der Waals surface area contributed by atoms with Gasteiger partial charge in [-0.1, -0.05) is 58.0 Å². The van der Waals surface area contributed by atoms with Crippen molar-refractivity contribution < 1.29 is 5.11 Å². The summed E-state index contributed by atoms with van der Waals surface area (Å²) >= 11 is 1.40. The molecule has 0 aliphatic rings. The van der Waals surface area contributed by atoms with Gasteiger partial charge in [-0.2, -0.15) is 5.26 Å². The Bertz CT molecular complexity index is 791. The zero-order valence-corrected chi connectivity index (χ0v) is 18.2. The molecule has 2 aromatic rings. The number of hydrogen-bond acceptors (Lipinski definition) is 5. The molecule has 0 aliphatic heterocycles. The van der Waals surface area contributed by atoms with Crippen LogP contribution in [0.25, 0.3) is 16.8 Å². The largest absolute Gasteiger partial charge is 0.509 e. The standard InChI is InChI=1S/C23H31N3OS/c1-17(2)10-12-26(13-11-18(3)4)15-22(27)20(14-24)23-25-21(16-28-23)19-8-6-5-7-9-19/h5-9,16-18,27H,10-13,15H2,1-4H3. The molecule has 2 rings (SSSR count). The number of nitriles is 1. The van der Waals surface area contributed by atoms with E-state index in [1.165, 1.54) is 11.3 Å². The molecule has 1 N–H and O–H groups in total. The molecule has 150 valence electrons. The van der Waals surface area contributed by atoms with Crippen LogP contribution in [0.4, 0.5) is 0 Å². The maximum Gasteiger partial charge on any atom is 0.138 e. The minimum absolute atomic E-state index is 0.115. The van der Waals surface area contributed by atoms with Crippen molar-refractivity contribution in [2.75, 3.05) is 19.6 Å². The first-order chi connectivity index (χ1) is 13.4. The smallest absolute Gasteiger partial charge is 0.138 e. The number of hydrogen-bond donors (Lipinski definition) is 1. The summed E-state index contributed by atoms with van der Waals surface area (Å²) in [4.78, 5) is 6.84. The van der Waals surface area contributed by atoms with Crippen LogP contribution >= 0.6 is 11.3 Å². The van der Waals surface area contributed by atoms with E-state index in [-0.39, 0.29) is 11.3 Å². The lowest BCUT2D eigenvalue weighted by atomic mass is 10.1. The lowest BCUT2D eigenvalue weighted by Crippen LogP contribution is -2.30. The Morgan fingerprint density at radius 3 is 2.25 bits per heavy atom. The molecular weight excluding hydrogens is 366 g/mol. The summed E-state index contributed by atoms with van der Waals surface area (Å²) in [6, 6.07) is 12.1. The van der Waals surface area contributed by atoms with Crippen LogP contribution in [0, 0.1) is 23.2 Å². The highest BCUT2D eigenvalue weighted by atomic mass is 32.1. The number of benzene rings is 1. The molecule has 28 heavy (non-hydrogen) atoms. The number of nitrogens with zero attached hydrogens (tertiary/aromatic N) is 3. The molecule has 4 nitrogen and oxygen atoms in total. The summed E-state index contributed by atoms with van der Waals surface area (Å²) in [5.41, 5.74) is 2.13. The van der Waals surface area contributed by atoms with Crippen LogP contribution in [0.2, 0.25) is 0 Å². The molecule has 0 fully saturated rings. The molecule has 0 amide bonds. The van der Waals surface area contributed by atoms with Crippen LogP contribution < -0.4 is 0 Å². The Kier molecular flexibility index (Phi) is 8.69. The van der Waals surface area contributed by atoms with Crippen molar-refractivity contribution in [3.63, 3.8) is 0 Å². The SMILES string of the molecule is CC(C)CCN(CCC(C)C)CC(O)=C(C#N)c1nc(-c2ccccc2)cs1. The van der Waals surface area contributed by atoms with Crippen molar-refractivity contribution in [2.24, 2.45) is 11.8 Å². The highest BCUT2D eigenvalue weighted by Crippen LogP contribution is 2.27. The fourth-order valence-electron chi connectivity index (χ4n) is 2.81. The van der Waals surface area contributed by atoms with E-state index in [0.29, 0.717) is 23.4 Å². The lowest BCUT2D eigenvalue weighted by Gasteiger charge is -2.24. The summed E-state index contributed by atoms with van der Waals surface area (Å²) < 4.78 is 0. The number of allylic oxidation sites excluding steroid dienone is 1. The third-order valence-corrected chi connectivity index (χ3v) is 5.47. The Morgan fingerprint density at radius 1 is 1.11 bits per heavy atom. The number of aliphatic hydroxyl groups is 1. The summed E-state index contributed by atoms with van der Waals surface area (Å²) in [6.45, 7) is 11.0. The lowest BCUT2D eigenvalue weighted by molar-refractivity contribution is 0.228. The summed E-state index contributed by atoms with van der Waals surface area (Å²) in [6.07, 6.45) is 2.14. The van der Waals surface area contributed by atoms with E-state index in [0.717, 1.165) is 37.2 Å². The van der Waals surface area contributed by atoms with Crippen LogP contribution in [-0.4, -0.2) is 34.6 Å². The van der Waals surface area contributed by atoms with E-state index in [2.05, 4.69) is 43.6 Å². The second kappa shape index (κ2) is 11.0. The molecule has 5 heteroatoms. The average Bonchev–Trinajstić information content (AvgIpc) is 3.14. The molecule has 0 saturated heterocycles. The third-order valence-electron chi connectivity index (χ3n) is 4.61. The van der Waals surface area contributed by atoms with E-state index in [1.807, 2.05) is 35.7 Å². The van der Waals surface area contributed by atoms with Gasteiger partial charge >= 0.3 is 0 Å². The minimum Gasteiger partial charge on any atom is -0.509 e. The van der Waals surface area contributed by atoms with Crippen molar-refractivity contribution >= 4 is 16.9 Å². The maximum absolute atomic E-state index is 10.7. The predicted molar refractivity (Wildman–Crippen MR) is 118 cm³/mol. The number of rotatable bonds is 10. The molecule has 0 atom stereocenters. The minimum atomic E-state index is 0.115. The van der Waals surface area contributed by atoms with E-state index in [9.17, 15) is 10.4 Å². The predicted octanol–water partition coefficient (Wildman–Crippen LogP) is 6.00. The van der Waals surface area contributed by atoms with Crippen LogP contribution in [0.5, 0.6) is 0 Å². The van der Waals surface area contributed by atoms with Gasteiger partial charge in [0.1, 0.15) is 22.4 Å². The summed E-state index contributed by atoms with van der Waals surface area (Å²) in [5, 5.41) is 22.9. The van der Waals surface area contributed by atoms with Crippen LogP contribution in [0.3, 0.4) is 0 Å². The Balaban J connectivity index is 2.18. The normalized spacial score (nSPS) is 12.5. The van der Waals surface area contributed by atoms with Crippen LogP contribution in [0.1, 0.15) is 45.5 Å². The zero-order valence-electron chi connectivity index (χ0n) is 17.4. The number of aromatic nitrogens is 1. The second-order valence-corrected chi connectivity index (χ2v) is 8.84. The molecule has 0 saturated carbocycles. The van der Waals surface area contributed by atoms with Gasteiger partial charge in [-0.15, -0.1) is 11.3 Å². The second-order valence-electron chi connectivity index (χ2n) is 7.98. The van der Waals surface area contributed by atoms with Gasteiger partial charge in [0.05, 0.1) is 12.2 Å². The molecule has 0 radical (unpaired) electrons. The van der Waals surface area contributed by atoms with Crippen LogP contribution in [-0.2, 0) is 0 Å². The first-order valence-electron chi connectivity index (χ1n) is 9.96. The van der Waals surface area contributed by atoms with E-state index >= 15 is 0 Å². The van der Waals surface area contributed by atoms with E-state index < -0.39 is 0 Å². The fraction of sp³-hybridized carbons (Fsp3) is 0.478. The van der Waals surface area contributed by atoms with Gasteiger partial charge in [-0.3, -0.25) is 4.90 Å². The summed E-state index contributed by atoms with van der Waals surface area (Å²) in [7, 11) is 0.